The molecule has 4 rings (SSSR count). The van der Waals surface area contributed by atoms with Gasteiger partial charge in [0.15, 0.2) is 5.50 Å². The predicted octanol–water partition coefficient (Wildman–Crippen LogP) is 5.43. The molecule has 3 aromatic rings. The summed E-state index contributed by atoms with van der Waals surface area (Å²) in [5, 5.41) is 6.36. The van der Waals surface area contributed by atoms with E-state index in [0.29, 0.717) is 17.1 Å². The first-order valence-electron chi connectivity index (χ1n) is 11.4. The van der Waals surface area contributed by atoms with Gasteiger partial charge in [0.05, 0.1) is 17.1 Å². The van der Waals surface area contributed by atoms with Crippen LogP contribution in [0.4, 0.5) is 5.69 Å². The number of anilines is 1. The number of aromatic nitrogens is 1. The summed E-state index contributed by atoms with van der Waals surface area (Å²) in [4.78, 5) is 25.5. The summed E-state index contributed by atoms with van der Waals surface area (Å²) >= 11 is 1.47. The maximum atomic E-state index is 12.6. The molecule has 0 saturated carbocycles. The van der Waals surface area contributed by atoms with Gasteiger partial charge in [0.25, 0.3) is 5.91 Å². The standard InChI is InChI=1S/C27H29N3O3S/c1-5-19-10-12-22(13-11-19)28-27-29-25(31)24(34-27)16-21-14-17(3)30(18(21)4)23-9-7-8-20(15-23)26(32)33-6-2/h7-16,27-28H,5-6H2,1-4H3,(H,29,31)/b24-16-/t27-/m0/s1. The van der Waals surface area contributed by atoms with Crippen molar-refractivity contribution in [1.82, 2.24) is 9.88 Å². The van der Waals surface area contributed by atoms with Crippen molar-refractivity contribution in [1.29, 1.82) is 0 Å². The Bertz CT molecular complexity index is 1240. The van der Waals surface area contributed by atoms with Gasteiger partial charge in [-0.15, -0.1) is 0 Å². The number of nitrogens with zero attached hydrogens (tertiary/aromatic N) is 1. The first kappa shape index (κ1) is 23.7. The van der Waals surface area contributed by atoms with Crippen LogP contribution < -0.4 is 10.6 Å². The summed E-state index contributed by atoms with van der Waals surface area (Å²) in [7, 11) is 0. The molecule has 1 aromatic heterocycles. The van der Waals surface area contributed by atoms with Crippen LogP contribution in [0.15, 0.2) is 59.5 Å². The molecule has 1 aliphatic rings. The van der Waals surface area contributed by atoms with Crippen LogP contribution in [0.3, 0.4) is 0 Å². The number of amides is 1. The molecule has 1 fully saturated rings. The third kappa shape index (κ3) is 5.04. The van der Waals surface area contributed by atoms with Gasteiger partial charge in [0, 0.05) is 22.8 Å². The second kappa shape index (κ2) is 10.2. The Balaban J connectivity index is 1.55. The Hall–Kier alpha value is -3.45. The molecule has 1 saturated heterocycles. The summed E-state index contributed by atoms with van der Waals surface area (Å²) in [6.45, 7) is 8.28. The predicted molar refractivity (Wildman–Crippen MR) is 138 cm³/mol. The highest BCUT2D eigenvalue weighted by atomic mass is 32.2. The number of benzene rings is 2. The Labute approximate surface area is 204 Å². The fraction of sp³-hybridized carbons (Fsp3) is 0.259. The molecule has 0 spiro atoms. The van der Waals surface area contributed by atoms with Crippen molar-refractivity contribution in [2.24, 2.45) is 0 Å². The van der Waals surface area contributed by atoms with Crippen molar-refractivity contribution in [2.45, 2.75) is 39.6 Å². The lowest BCUT2D eigenvalue weighted by Gasteiger charge is -2.13. The first-order valence-corrected chi connectivity index (χ1v) is 12.3. The molecule has 7 heteroatoms. The molecule has 0 aliphatic carbocycles. The second-order valence-electron chi connectivity index (χ2n) is 8.11. The molecule has 2 heterocycles. The minimum absolute atomic E-state index is 0.0956. The van der Waals surface area contributed by atoms with Crippen LogP contribution >= 0.6 is 11.8 Å². The molecule has 2 aromatic carbocycles. The van der Waals surface area contributed by atoms with E-state index in [1.165, 1.54) is 17.3 Å². The molecule has 1 aliphatic heterocycles. The number of hydrogen-bond donors (Lipinski definition) is 2. The summed E-state index contributed by atoms with van der Waals surface area (Å²) in [6.07, 6.45) is 2.92. The normalized spacial score (nSPS) is 16.5. The number of rotatable bonds is 7. The molecular formula is C27H29N3O3S. The van der Waals surface area contributed by atoms with E-state index < -0.39 is 0 Å². The van der Waals surface area contributed by atoms with E-state index in [0.717, 1.165) is 34.7 Å². The smallest absolute Gasteiger partial charge is 0.338 e. The number of carbonyl (C=O) groups is 2. The van der Waals surface area contributed by atoms with Gasteiger partial charge in [0.1, 0.15) is 0 Å². The highest BCUT2D eigenvalue weighted by molar-refractivity contribution is 8.05. The van der Waals surface area contributed by atoms with Crippen LogP contribution in [0.5, 0.6) is 0 Å². The Kier molecular flexibility index (Phi) is 7.12. The zero-order valence-corrected chi connectivity index (χ0v) is 20.7. The van der Waals surface area contributed by atoms with Crippen LogP contribution in [0.2, 0.25) is 0 Å². The Morgan fingerprint density at radius 2 is 1.91 bits per heavy atom. The third-order valence-electron chi connectivity index (χ3n) is 5.76. The number of ether oxygens (including phenoxy) is 1. The second-order valence-corrected chi connectivity index (χ2v) is 9.25. The quantitative estimate of drug-likeness (QED) is 0.352. The first-order chi connectivity index (χ1) is 16.4. The number of esters is 1. The maximum absolute atomic E-state index is 12.6. The van der Waals surface area contributed by atoms with E-state index in [2.05, 4.69) is 40.3 Å². The molecule has 176 valence electrons. The fourth-order valence-electron chi connectivity index (χ4n) is 4.01. The number of aryl methyl sites for hydroxylation is 2. The zero-order valence-electron chi connectivity index (χ0n) is 19.8. The highest BCUT2D eigenvalue weighted by Crippen LogP contribution is 2.32. The van der Waals surface area contributed by atoms with Gasteiger partial charge >= 0.3 is 5.97 Å². The Morgan fingerprint density at radius 1 is 1.15 bits per heavy atom. The van der Waals surface area contributed by atoms with Crippen molar-refractivity contribution >= 4 is 35.4 Å². The average molecular weight is 476 g/mol. The lowest BCUT2D eigenvalue weighted by molar-refractivity contribution is -0.116. The highest BCUT2D eigenvalue weighted by Gasteiger charge is 2.27. The average Bonchev–Trinajstić information content (AvgIpc) is 3.31. The molecule has 1 atom stereocenters. The van der Waals surface area contributed by atoms with Gasteiger partial charge in [-0.1, -0.05) is 36.9 Å². The van der Waals surface area contributed by atoms with Gasteiger partial charge in [-0.05, 0) is 80.8 Å². The van der Waals surface area contributed by atoms with E-state index in [9.17, 15) is 9.59 Å². The number of hydrogen-bond acceptors (Lipinski definition) is 5. The number of thioether (sulfide) groups is 1. The summed E-state index contributed by atoms with van der Waals surface area (Å²) in [5.41, 5.74) is 6.38. The SMILES string of the molecule is CCOC(=O)c1cccc(-n2c(C)cc(/C=C3\S[C@@H](Nc4ccc(CC)cc4)NC3=O)c2C)c1. The van der Waals surface area contributed by atoms with Gasteiger partial charge in [-0.25, -0.2) is 4.79 Å². The van der Waals surface area contributed by atoms with Crippen molar-refractivity contribution in [3.63, 3.8) is 0 Å². The van der Waals surface area contributed by atoms with E-state index in [1.807, 2.05) is 50.3 Å². The summed E-state index contributed by atoms with van der Waals surface area (Å²) in [5.74, 6) is -0.433. The zero-order chi connectivity index (χ0) is 24.2. The summed E-state index contributed by atoms with van der Waals surface area (Å²) in [6, 6.07) is 17.7. The molecule has 0 radical (unpaired) electrons. The van der Waals surface area contributed by atoms with Gasteiger partial charge in [0.2, 0.25) is 0 Å². The van der Waals surface area contributed by atoms with Crippen LogP contribution in [-0.4, -0.2) is 28.5 Å². The van der Waals surface area contributed by atoms with Crippen LogP contribution in [0.25, 0.3) is 11.8 Å². The van der Waals surface area contributed by atoms with Crippen molar-refractivity contribution in [2.75, 3.05) is 11.9 Å². The molecular weight excluding hydrogens is 446 g/mol. The molecule has 0 bridgehead atoms. The fourth-order valence-corrected chi connectivity index (χ4v) is 4.99. The van der Waals surface area contributed by atoms with Crippen LogP contribution in [-0.2, 0) is 16.0 Å². The number of nitrogens with one attached hydrogen (secondary N) is 2. The molecule has 6 nitrogen and oxygen atoms in total. The topological polar surface area (TPSA) is 72.4 Å². The van der Waals surface area contributed by atoms with E-state index >= 15 is 0 Å². The lowest BCUT2D eigenvalue weighted by Crippen LogP contribution is -2.30. The monoisotopic (exact) mass is 475 g/mol. The minimum atomic E-state index is -0.337. The number of carbonyl (C=O) groups excluding carboxylic acids is 2. The Morgan fingerprint density at radius 3 is 2.62 bits per heavy atom. The van der Waals surface area contributed by atoms with Crippen LogP contribution in [0, 0.1) is 13.8 Å². The van der Waals surface area contributed by atoms with E-state index in [1.54, 1.807) is 13.0 Å². The van der Waals surface area contributed by atoms with Crippen LogP contribution in [0.1, 0.15) is 46.7 Å². The maximum Gasteiger partial charge on any atom is 0.338 e. The third-order valence-corrected chi connectivity index (χ3v) is 6.79. The van der Waals surface area contributed by atoms with E-state index in [-0.39, 0.29) is 17.4 Å². The van der Waals surface area contributed by atoms with Crippen molar-refractivity contribution in [3.05, 3.63) is 87.6 Å². The van der Waals surface area contributed by atoms with Gasteiger partial charge < -0.3 is 19.9 Å². The molecule has 0 unspecified atom stereocenters. The van der Waals surface area contributed by atoms with Crippen molar-refractivity contribution < 1.29 is 14.3 Å². The van der Waals surface area contributed by atoms with E-state index in [4.69, 9.17) is 4.74 Å². The lowest BCUT2D eigenvalue weighted by atomic mass is 10.1. The minimum Gasteiger partial charge on any atom is -0.462 e. The summed E-state index contributed by atoms with van der Waals surface area (Å²) < 4.78 is 7.22. The van der Waals surface area contributed by atoms with Crippen molar-refractivity contribution in [3.8, 4) is 5.69 Å². The molecule has 34 heavy (non-hydrogen) atoms. The largest absolute Gasteiger partial charge is 0.462 e. The van der Waals surface area contributed by atoms with Gasteiger partial charge in [-0.3, -0.25) is 4.79 Å². The van der Waals surface area contributed by atoms with Gasteiger partial charge in [-0.2, -0.15) is 0 Å². The molecule has 2 N–H and O–H groups in total. The molecule has 1 amide bonds.